The lowest BCUT2D eigenvalue weighted by Crippen LogP contribution is -2.64. The topological polar surface area (TPSA) is 66.4 Å². The summed E-state index contributed by atoms with van der Waals surface area (Å²) in [6, 6.07) is 0. The Hall–Kier alpha value is -1.22. The quantitative estimate of drug-likeness (QED) is 0.562. The van der Waals surface area contributed by atoms with Crippen LogP contribution in [0.3, 0.4) is 0 Å². The first-order chi connectivity index (χ1) is 13.3. The van der Waals surface area contributed by atoms with Crippen LogP contribution in [0.25, 0.3) is 0 Å². The van der Waals surface area contributed by atoms with E-state index >= 15 is 0 Å². The second kappa shape index (κ2) is 6.65. The van der Waals surface area contributed by atoms with Gasteiger partial charge in [-0.25, -0.2) is 13.5 Å². The molecule has 31 heavy (non-hydrogen) atoms. The molecule has 0 amide bonds. The largest absolute Gasteiger partial charge is 0.428 e. The van der Waals surface area contributed by atoms with Crippen LogP contribution in [0.5, 0.6) is 0 Å². The number of alkyl halides is 14. The third-order valence-electron chi connectivity index (χ3n) is 3.50. The fourth-order valence-electron chi connectivity index (χ4n) is 2.02. The smallest absolute Gasteiger partial charge is 0.332 e. The van der Waals surface area contributed by atoms with Gasteiger partial charge in [0.05, 0.1) is 0 Å². The number of halogens is 14. The molecule has 4 unspecified atom stereocenters. The predicted octanol–water partition coefficient (Wildman–Crippen LogP) is 3.69. The van der Waals surface area contributed by atoms with Crippen molar-refractivity contribution >= 4 is 0 Å². The van der Waals surface area contributed by atoms with Gasteiger partial charge in [0, 0.05) is 6.92 Å². The van der Waals surface area contributed by atoms with Crippen molar-refractivity contribution in [1.29, 1.82) is 0 Å². The fraction of sp³-hybridized carbons (Fsp3) is 1.00. The summed E-state index contributed by atoms with van der Waals surface area (Å²) in [6.45, 7) is -0.344. The van der Waals surface area contributed by atoms with Crippen LogP contribution < -0.4 is 0 Å². The van der Waals surface area contributed by atoms with Crippen molar-refractivity contribution in [3.63, 3.8) is 0 Å². The molecule has 0 saturated carbocycles. The van der Waals surface area contributed by atoms with Gasteiger partial charge in [0.15, 0.2) is 0 Å². The lowest BCUT2D eigenvalue weighted by atomic mass is 10.2. The Morgan fingerprint density at radius 3 is 1.23 bits per heavy atom. The molecule has 0 aromatic rings. The van der Waals surface area contributed by atoms with E-state index in [1.165, 1.54) is 0 Å². The van der Waals surface area contributed by atoms with Crippen molar-refractivity contribution in [3.05, 3.63) is 0 Å². The normalized spacial score (nSPS) is 36.8. The molecule has 1 N–H and O–H groups in total. The van der Waals surface area contributed by atoms with Crippen LogP contribution in [0, 0.1) is 0 Å². The van der Waals surface area contributed by atoms with E-state index < -0.39 is 60.8 Å². The first kappa shape index (κ1) is 26.0. The zero-order chi connectivity index (χ0) is 24.7. The van der Waals surface area contributed by atoms with E-state index in [4.69, 9.17) is 5.11 Å². The van der Waals surface area contributed by atoms with Gasteiger partial charge in [-0.1, -0.05) is 0 Å². The molecule has 0 radical (unpaired) electrons. The maximum atomic E-state index is 14.1. The summed E-state index contributed by atoms with van der Waals surface area (Å²) in [5.41, 5.74) is 0. The fourth-order valence-corrected chi connectivity index (χ4v) is 2.02. The summed E-state index contributed by atoms with van der Waals surface area (Å²) in [7, 11) is 0. The third-order valence-corrected chi connectivity index (χ3v) is 3.50. The maximum Gasteiger partial charge on any atom is 0.428 e. The Bertz CT molecular complexity index is 648. The average molecular weight is 500 g/mol. The van der Waals surface area contributed by atoms with E-state index in [0.717, 1.165) is 0 Å². The summed E-state index contributed by atoms with van der Waals surface area (Å²) in [6.07, 6.45) is -40.5. The van der Waals surface area contributed by atoms with E-state index in [1.54, 1.807) is 0 Å². The van der Waals surface area contributed by atoms with Gasteiger partial charge in [0.25, 0.3) is 12.2 Å². The predicted molar refractivity (Wildman–Crippen MR) is 58.3 cm³/mol. The van der Waals surface area contributed by atoms with E-state index in [9.17, 15) is 61.5 Å². The first-order valence-corrected chi connectivity index (χ1v) is 7.11. The van der Waals surface area contributed by atoms with Crippen LogP contribution in [0.2, 0.25) is 0 Å². The maximum absolute atomic E-state index is 14.1. The Labute approximate surface area is 159 Å². The van der Waals surface area contributed by atoms with Crippen molar-refractivity contribution < 1.29 is 90.3 Å². The molecular weight excluding hydrogens is 494 g/mol. The Morgan fingerprint density at radius 1 is 0.645 bits per heavy atom. The summed E-state index contributed by atoms with van der Waals surface area (Å²) < 4.78 is 201. The Kier molecular flexibility index (Phi) is 5.59. The number of hydrogen-bond acceptors (Lipinski definition) is 6. The van der Waals surface area contributed by atoms with Crippen molar-refractivity contribution in [2.75, 3.05) is 0 Å². The molecule has 6 nitrogen and oxygen atoms in total. The van der Waals surface area contributed by atoms with Gasteiger partial charge in [-0.2, -0.15) is 52.7 Å². The number of aliphatic hydroxyl groups is 1. The molecule has 0 aliphatic carbocycles. The molecule has 2 saturated heterocycles. The second-order valence-corrected chi connectivity index (χ2v) is 6.04. The van der Waals surface area contributed by atoms with E-state index in [2.05, 4.69) is 18.9 Å². The highest BCUT2D eigenvalue weighted by Crippen LogP contribution is 2.59. The van der Waals surface area contributed by atoms with Crippen LogP contribution in [-0.4, -0.2) is 65.9 Å². The minimum atomic E-state index is -7.05. The molecule has 2 rings (SSSR count). The number of ether oxygens (including phenoxy) is 5. The lowest BCUT2D eigenvalue weighted by Gasteiger charge is -2.36. The minimum Gasteiger partial charge on any atom is -0.332 e. The van der Waals surface area contributed by atoms with Crippen LogP contribution in [0.15, 0.2) is 0 Å². The molecule has 0 aromatic heterocycles. The SMILES string of the molecule is CC(F)(F)C1OC(F)(F)C(F)(C(F)(F)OC(F)(F)C2(F)OC(C(O)(F)F)OC2(F)F)O1. The van der Waals surface area contributed by atoms with Gasteiger partial charge in [-0.3, -0.25) is 18.9 Å². The molecule has 2 heterocycles. The van der Waals surface area contributed by atoms with Crippen molar-refractivity contribution in [2.45, 2.75) is 67.7 Å². The second-order valence-electron chi connectivity index (χ2n) is 6.04. The monoisotopic (exact) mass is 500 g/mol. The summed E-state index contributed by atoms with van der Waals surface area (Å²) >= 11 is 0. The van der Waals surface area contributed by atoms with Gasteiger partial charge in [-0.15, -0.1) is 0 Å². The van der Waals surface area contributed by atoms with Crippen LogP contribution in [0.4, 0.5) is 61.5 Å². The van der Waals surface area contributed by atoms with Crippen molar-refractivity contribution in [3.8, 4) is 0 Å². The summed E-state index contributed by atoms with van der Waals surface area (Å²) in [4.78, 5) is 0. The average Bonchev–Trinajstić information content (AvgIpc) is 2.90. The zero-order valence-electron chi connectivity index (χ0n) is 13.9. The van der Waals surface area contributed by atoms with Gasteiger partial charge in [0.1, 0.15) is 0 Å². The minimum absolute atomic E-state index is 0.344. The lowest BCUT2D eigenvalue weighted by molar-refractivity contribution is -0.521. The van der Waals surface area contributed by atoms with Crippen LogP contribution in [-0.2, 0) is 23.7 Å². The number of hydrogen-bond donors (Lipinski definition) is 1. The standard InChI is InChI=1S/C11H6F14O6/c1-4(12,13)2-27-6(16,8(18,19)29-2)10(22,23)31-11(24,25)7(17)9(20,21)30-3(28-7)5(14,15)26/h2-3,26H,1H3. The van der Waals surface area contributed by atoms with Crippen LogP contribution in [0.1, 0.15) is 6.92 Å². The van der Waals surface area contributed by atoms with E-state index in [1.807, 2.05) is 4.74 Å². The molecule has 4 atom stereocenters. The van der Waals surface area contributed by atoms with Gasteiger partial charge in [0.2, 0.25) is 6.29 Å². The molecule has 0 aromatic carbocycles. The molecule has 0 bridgehead atoms. The Balaban J connectivity index is 2.41. The van der Waals surface area contributed by atoms with Crippen molar-refractivity contribution in [2.24, 2.45) is 0 Å². The van der Waals surface area contributed by atoms with Gasteiger partial charge >= 0.3 is 42.3 Å². The molecule has 2 aliphatic rings. The molecule has 2 fully saturated rings. The van der Waals surface area contributed by atoms with Crippen molar-refractivity contribution in [1.82, 2.24) is 0 Å². The molecule has 184 valence electrons. The Morgan fingerprint density at radius 2 is 0.968 bits per heavy atom. The summed E-state index contributed by atoms with van der Waals surface area (Å²) in [5, 5.41) is 8.08. The summed E-state index contributed by atoms with van der Waals surface area (Å²) in [5.74, 6) is -17.6. The highest BCUT2D eigenvalue weighted by atomic mass is 19.3. The molecular formula is C11H6F14O6. The third kappa shape index (κ3) is 3.90. The molecule has 2 aliphatic heterocycles. The van der Waals surface area contributed by atoms with Crippen LogP contribution >= 0.6 is 0 Å². The number of rotatable bonds is 6. The van der Waals surface area contributed by atoms with E-state index in [-0.39, 0.29) is 6.92 Å². The zero-order valence-corrected chi connectivity index (χ0v) is 13.9. The highest BCUT2D eigenvalue weighted by Gasteiger charge is 2.87. The highest BCUT2D eigenvalue weighted by molar-refractivity contribution is 4.98. The molecule has 0 spiro atoms. The van der Waals surface area contributed by atoms with E-state index in [0.29, 0.717) is 0 Å². The molecule has 20 heteroatoms. The van der Waals surface area contributed by atoms with Gasteiger partial charge < -0.3 is 5.11 Å². The first-order valence-electron chi connectivity index (χ1n) is 7.11. The van der Waals surface area contributed by atoms with Gasteiger partial charge in [-0.05, 0) is 0 Å².